The smallest absolute Gasteiger partial charge is 0.115 e. The molecule has 78 valence electrons. The fourth-order valence-corrected chi connectivity index (χ4v) is 1.03. The van der Waals surface area contributed by atoms with Crippen molar-refractivity contribution in [3.63, 3.8) is 0 Å². The standard InChI is InChI=1S/C10H18N4/c1-10(2,3)14-5-4-13-9-6-11-8-12-7-9/h6-8,13-14H,4-5H2,1-3H3. The first kappa shape index (κ1) is 10.9. The maximum absolute atomic E-state index is 3.92. The highest BCUT2D eigenvalue weighted by Gasteiger charge is 2.06. The van der Waals surface area contributed by atoms with Crippen molar-refractivity contribution < 1.29 is 0 Å². The highest BCUT2D eigenvalue weighted by molar-refractivity contribution is 5.36. The van der Waals surface area contributed by atoms with E-state index >= 15 is 0 Å². The van der Waals surface area contributed by atoms with E-state index in [1.807, 2.05) is 0 Å². The summed E-state index contributed by atoms with van der Waals surface area (Å²) in [6.07, 6.45) is 5.06. The third kappa shape index (κ3) is 4.77. The summed E-state index contributed by atoms with van der Waals surface area (Å²) in [6.45, 7) is 8.26. The molecule has 0 aliphatic carbocycles. The first-order chi connectivity index (χ1) is 6.58. The molecule has 0 aliphatic rings. The van der Waals surface area contributed by atoms with Crippen molar-refractivity contribution in [3.05, 3.63) is 18.7 Å². The molecule has 14 heavy (non-hydrogen) atoms. The molecule has 1 rings (SSSR count). The van der Waals surface area contributed by atoms with Gasteiger partial charge in [0.2, 0.25) is 0 Å². The summed E-state index contributed by atoms with van der Waals surface area (Å²) in [4.78, 5) is 7.84. The molecule has 0 unspecified atom stereocenters. The van der Waals surface area contributed by atoms with E-state index in [2.05, 4.69) is 41.4 Å². The van der Waals surface area contributed by atoms with Gasteiger partial charge in [-0.15, -0.1) is 0 Å². The Morgan fingerprint density at radius 1 is 1.14 bits per heavy atom. The van der Waals surface area contributed by atoms with E-state index < -0.39 is 0 Å². The maximum atomic E-state index is 3.92. The first-order valence-electron chi connectivity index (χ1n) is 4.82. The van der Waals surface area contributed by atoms with Crippen LogP contribution in [0.2, 0.25) is 0 Å². The number of nitrogens with zero attached hydrogens (tertiary/aromatic N) is 2. The summed E-state index contributed by atoms with van der Waals surface area (Å²) in [6, 6.07) is 0. The second kappa shape index (κ2) is 4.91. The van der Waals surface area contributed by atoms with Gasteiger partial charge < -0.3 is 10.6 Å². The summed E-state index contributed by atoms with van der Waals surface area (Å²) in [5.41, 5.74) is 1.14. The molecule has 0 fully saturated rings. The number of aromatic nitrogens is 2. The van der Waals surface area contributed by atoms with Gasteiger partial charge in [0.15, 0.2) is 0 Å². The molecule has 0 atom stereocenters. The molecule has 0 aromatic carbocycles. The highest BCUT2D eigenvalue weighted by Crippen LogP contribution is 2.00. The Kier molecular flexibility index (Phi) is 3.83. The van der Waals surface area contributed by atoms with Crippen LogP contribution >= 0.6 is 0 Å². The third-order valence-electron chi connectivity index (χ3n) is 1.67. The Hall–Kier alpha value is -1.16. The molecule has 4 nitrogen and oxygen atoms in total. The zero-order valence-corrected chi connectivity index (χ0v) is 9.04. The number of anilines is 1. The monoisotopic (exact) mass is 194 g/mol. The van der Waals surface area contributed by atoms with E-state index in [-0.39, 0.29) is 5.54 Å². The Bertz CT molecular complexity index is 253. The normalized spacial score (nSPS) is 11.4. The number of hydrogen-bond donors (Lipinski definition) is 2. The van der Waals surface area contributed by atoms with E-state index in [1.165, 1.54) is 6.33 Å². The predicted octanol–water partition coefficient (Wildman–Crippen LogP) is 1.28. The van der Waals surface area contributed by atoms with Crippen molar-refractivity contribution in [3.8, 4) is 0 Å². The van der Waals surface area contributed by atoms with Crippen LogP contribution in [0, 0.1) is 0 Å². The Morgan fingerprint density at radius 3 is 2.36 bits per heavy atom. The molecule has 0 bridgehead atoms. The molecular formula is C10H18N4. The van der Waals surface area contributed by atoms with Crippen molar-refractivity contribution in [2.24, 2.45) is 0 Å². The minimum Gasteiger partial charge on any atom is -0.381 e. The second-order valence-electron chi connectivity index (χ2n) is 4.23. The lowest BCUT2D eigenvalue weighted by molar-refractivity contribution is 0.435. The second-order valence-corrected chi connectivity index (χ2v) is 4.23. The summed E-state index contributed by atoms with van der Waals surface area (Å²) >= 11 is 0. The average Bonchev–Trinajstić information content (AvgIpc) is 2.13. The summed E-state index contributed by atoms with van der Waals surface area (Å²) in [5, 5.41) is 6.62. The van der Waals surface area contributed by atoms with E-state index in [0.717, 1.165) is 18.8 Å². The van der Waals surface area contributed by atoms with Gasteiger partial charge in [-0.25, -0.2) is 9.97 Å². The quantitative estimate of drug-likeness (QED) is 0.709. The van der Waals surface area contributed by atoms with Gasteiger partial charge in [0.1, 0.15) is 6.33 Å². The van der Waals surface area contributed by atoms with Gasteiger partial charge in [-0.2, -0.15) is 0 Å². The molecule has 0 spiro atoms. The molecule has 0 saturated heterocycles. The Labute approximate surface area is 85.2 Å². The molecule has 0 amide bonds. The maximum Gasteiger partial charge on any atom is 0.115 e. The molecule has 1 aromatic heterocycles. The highest BCUT2D eigenvalue weighted by atomic mass is 15.0. The molecule has 1 aromatic rings. The van der Waals surface area contributed by atoms with E-state index in [4.69, 9.17) is 0 Å². The van der Waals surface area contributed by atoms with Gasteiger partial charge in [0.05, 0.1) is 18.1 Å². The molecular weight excluding hydrogens is 176 g/mol. The Morgan fingerprint density at radius 2 is 1.79 bits per heavy atom. The number of hydrogen-bond acceptors (Lipinski definition) is 4. The van der Waals surface area contributed by atoms with E-state index in [1.54, 1.807) is 12.4 Å². The van der Waals surface area contributed by atoms with Crippen LogP contribution in [-0.4, -0.2) is 28.6 Å². The minimum atomic E-state index is 0.175. The lowest BCUT2D eigenvalue weighted by Crippen LogP contribution is -2.38. The van der Waals surface area contributed by atoms with Crippen LogP contribution in [0.3, 0.4) is 0 Å². The molecule has 4 heteroatoms. The minimum absolute atomic E-state index is 0.175. The van der Waals surface area contributed by atoms with Crippen LogP contribution < -0.4 is 10.6 Å². The first-order valence-corrected chi connectivity index (χ1v) is 4.82. The fraction of sp³-hybridized carbons (Fsp3) is 0.600. The summed E-state index contributed by atoms with van der Waals surface area (Å²) < 4.78 is 0. The molecule has 0 aliphatic heterocycles. The van der Waals surface area contributed by atoms with Gasteiger partial charge in [0, 0.05) is 18.6 Å². The molecule has 1 heterocycles. The zero-order chi connectivity index (χ0) is 10.4. The SMILES string of the molecule is CC(C)(C)NCCNc1cncnc1. The van der Waals surface area contributed by atoms with Gasteiger partial charge >= 0.3 is 0 Å². The zero-order valence-electron chi connectivity index (χ0n) is 9.04. The molecule has 2 N–H and O–H groups in total. The van der Waals surface area contributed by atoms with Crippen molar-refractivity contribution in [2.75, 3.05) is 18.4 Å². The average molecular weight is 194 g/mol. The lowest BCUT2D eigenvalue weighted by atomic mass is 10.1. The summed E-state index contributed by atoms with van der Waals surface area (Å²) in [7, 11) is 0. The van der Waals surface area contributed by atoms with Crippen LogP contribution in [-0.2, 0) is 0 Å². The molecule has 0 saturated carbocycles. The topological polar surface area (TPSA) is 49.8 Å². The Balaban J connectivity index is 2.17. The lowest BCUT2D eigenvalue weighted by Gasteiger charge is -2.20. The molecule has 0 radical (unpaired) electrons. The van der Waals surface area contributed by atoms with Crippen molar-refractivity contribution in [2.45, 2.75) is 26.3 Å². The van der Waals surface area contributed by atoms with Crippen molar-refractivity contribution >= 4 is 5.69 Å². The van der Waals surface area contributed by atoms with Crippen LogP contribution in [0.1, 0.15) is 20.8 Å². The fourth-order valence-electron chi connectivity index (χ4n) is 1.03. The van der Waals surface area contributed by atoms with Crippen LogP contribution in [0.5, 0.6) is 0 Å². The van der Waals surface area contributed by atoms with Gasteiger partial charge in [-0.1, -0.05) is 0 Å². The van der Waals surface area contributed by atoms with Gasteiger partial charge in [-0.05, 0) is 20.8 Å². The number of rotatable bonds is 4. The summed E-state index contributed by atoms with van der Waals surface area (Å²) in [5.74, 6) is 0. The third-order valence-corrected chi connectivity index (χ3v) is 1.67. The van der Waals surface area contributed by atoms with Gasteiger partial charge in [0.25, 0.3) is 0 Å². The largest absolute Gasteiger partial charge is 0.381 e. The van der Waals surface area contributed by atoms with Crippen LogP contribution in [0.25, 0.3) is 0 Å². The van der Waals surface area contributed by atoms with Crippen LogP contribution in [0.4, 0.5) is 5.69 Å². The number of nitrogens with one attached hydrogen (secondary N) is 2. The van der Waals surface area contributed by atoms with Crippen molar-refractivity contribution in [1.29, 1.82) is 0 Å². The van der Waals surface area contributed by atoms with Gasteiger partial charge in [-0.3, -0.25) is 0 Å². The van der Waals surface area contributed by atoms with Crippen LogP contribution in [0.15, 0.2) is 18.7 Å². The van der Waals surface area contributed by atoms with E-state index in [0.29, 0.717) is 0 Å². The predicted molar refractivity (Wildman–Crippen MR) is 58.3 cm³/mol. The van der Waals surface area contributed by atoms with E-state index in [9.17, 15) is 0 Å². The van der Waals surface area contributed by atoms with Crippen molar-refractivity contribution in [1.82, 2.24) is 15.3 Å².